The van der Waals surface area contributed by atoms with Gasteiger partial charge in [-0.05, 0) is 39.5 Å². The maximum absolute atomic E-state index is 13.6. The summed E-state index contributed by atoms with van der Waals surface area (Å²) in [5, 5.41) is 6.74. The van der Waals surface area contributed by atoms with Crippen molar-refractivity contribution in [3.05, 3.63) is 50.6 Å². The maximum atomic E-state index is 13.6. The molecule has 1 N–H and O–H groups in total. The fourth-order valence-electron chi connectivity index (χ4n) is 1.29. The predicted molar refractivity (Wildman–Crippen MR) is 65.7 cm³/mol. The Bertz CT molecular complexity index is 485. The maximum Gasteiger partial charge on any atom is 0.145 e. The van der Waals surface area contributed by atoms with Crippen LogP contribution in [0.5, 0.6) is 0 Å². The Morgan fingerprint density at radius 2 is 2.06 bits per heavy atom. The summed E-state index contributed by atoms with van der Waals surface area (Å²) < 4.78 is 27.2. The van der Waals surface area contributed by atoms with E-state index in [9.17, 15) is 8.78 Å². The fraction of sp³-hybridized carbons (Fsp3) is 0.0909. The lowest BCUT2D eigenvalue weighted by molar-refractivity contribution is 0.556. The lowest BCUT2D eigenvalue weighted by atomic mass is 10.2. The van der Waals surface area contributed by atoms with E-state index in [-0.39, 0.29) is 16.6 Å². The summed E-state index contributed by atoms with van der Waals surface area (Å²) in [6, 6.07) is 4.47. The largest absolute Gasteiger partial charge is 0.380 e. The summed E-state index contributed by atoms with van der Waals surface area (Å²) in [6.07, 6.45) is 0. The van der Waals surface area contributed by atoms with Crippen molar-refractivity contribution in [2.24, 2.45) is 0 Å². The molecular formula is C11H8BrF2NS. The lowest BCUT2D eigenvalue weighted by Gasteiger charge is -2.07. The van der Waals surface area contributed by atoms with Crippen LogP contribution in [-0.4, -0.2) is 0 Å². The van der Waals surface area contributed by atoms with Gasteiger partial charge < -0.3 is 5.32 Å². The molecule has 0 radical (unpaired) electrons. The molecule has 0 aliphatic rings. The molecule has 84 valence electrons. The molecule has 1 nitrogen and oxygen atoms in total. The molecule has 0 fully saturated rings. The number of hydrogen-bond donors (Lipinski definition) is 1. The van der Waals surface area contributed by atoms with Crippen molar-refractivity contribution in [1.82, 2.24) is 0 Å². The summed E-state index contributed by atoms with van der Waals surface area (Å²) in [7, 11) is 0. The van der Waals surface area contributed by atoms with Gasteiger partial charge in [0.25, 0.3) is 0 Å². The normalized spacial score (nSPS) is 10.4. The van der Waals surface area contributed by atoms with Gasteiger partial charge in [0.2, 0.25) is 0 Å². The average Bonchev–Trinajstić information content (AvgIpc) is 2.77. The molecule has 1 heterocycles. The second-order valence-electron chi connectivity index (χ2n) is 3.19. The predicted octanol–water partition coefficient (Wildman–Crippen LogP) is 4.40. The van der Waals surface area contributed by atoms with Gasteiger partial charge in [-0.25, -0.2) is 8.78 Å². The van der Waals surface area contributed by atoms with Crippen LogP contribution in [0.15, 0.2) is 33.4 Å². The zero-order valence-corrected chi connectivity index (χ0v) is 10.5. The average molecular weight is 304 g/mol. The molecule has 0 bridgehead atoms. The van der Waals surface area contributed by atoms with Crippen LogP contribution in [0.25, 0.3) is 0 Å². The molecular weight excluding hydrogens is 296 g/mol. The van der Waals surface area contributed by atoms with Gasteiger partial charge in [0.1, 0.15) is 11.6 Å². The third-order valence-corrected chi connectivity index (χ3v) is 3.43. The Morgan fingerprint density at radius 3 is 2.75 bits per heavy atom. The van der Waals surface area contributed by atoms with Crippen molar-refractivity contribution < 1.29 is 8.78 Å². The van der Waals surface area contributed by atoms with E-state index in [1.165, 1.54) is 23.5 Å². The molecule has 0 aliphatic carbocycles. The van der Waals surface area contributed by atoms with E-state index in [1.54, 1.807) is 0 Å². The van der Waals surface area contributed by atoms with Crippen LogP contribution in [0.1, 0.15) is 5.56 Å². The highest BCUT2D eigenvalue weighted by molar-refractivity contribution is 9.10. The number of rotatable bonds is 3. The number of thiophene rings is 1. The third kappa shape index (κ3) is 2.41. The van der Waals surface area contributed by atoms with Gasteiger partial charge >= 0.3 is 0 Å². The van der Waals surface area contributed by atoms with Gasteiger partial charge in [-0.3, -0.25) is 0 Å². The Morgan fingerprint density at radius 1 is 1.25 bits per heavy atom. The lowest BCUT2D eigenvalue weighted by Crippen LogP contribution is -2.04. The minimum Gasteiger partial charge on any atom is -0.380 e. The summed E-state index contributed by atoms with van der Waals surface area (Å²) in [5.74, 6) is -1.09. The highest BCUT2D eigenvalue weighted by atomic mass is 79.9. The topological polar surface area (TPSA) is 12.0 Å². The monoisotopic (exact) mass is 303 g/mol. The Balaban J connectivity index is 2.18. The van der Waals surface area contributed by atoms with Crippen molar-refractivity contribution in [1.29, 1.82) is 0 Å². The zero-order chi connectivity index (χ0) is 11.5. The van der Waals surface area contributed by atoms with Gasteiger partial charge in [0.05, 0.1) is 4.47 Å². The molecule has 0 aliphatic heterocycles. The molecule has 0 saturated heterocycles. The van der Waals surface area contributed by atoms with Crippen molar-refractivity contribution in [3.8, 4) is 0 Å². The van der Waals surface area contributed by atoms with Crippen molar-refractivity contribution in [2.75, 3.05) is 5.32 Å². The Kier molecular flexibility index (Phi) is 3.56. The first-order chi connectivity index (χ1) is 7.68. The highest BCUT2D eigenvalue weighted by Crippen LogP contribution is 2.23. The van der Waals surface area contributed by atoms with Crippen molar-refractivity contribution >= 4 is 33.0 Å². The number of halogens is 3. The van der Waals surface area contributed by atoms with Crippen LogP contribution in [0.2, 0.25) is 0 Å². The molecule has 0 amide bonds. The van der Waals surface area contributed by atoms with E-state index in [0.717, 1.165) is 5.69 Å². The van der Waals surface area contributed by atoms with Crippen LogP contribution in [0.3, 0.4) is 0 Å². The number of hydrogen-bond acceptors (Lipinski definition) is 2. The molecule has 1 aromatic carbocycles. The number of anilines is 1. The fourth-order valence-corrected chi connectivity index (χ4v) is 2.27. The van der Waals surface area contributed by atoms with Crippen LogP contribution in [0.4, 0.5) is 14.5 Å². The van der Waals surface area contributed by atoms with Gasteiger partial charge in [0.15, 0.2) is 0 Å². The molecule has 2 aromatic rings. The molecule has 1 aromatic heterocycles. The number of nitrogens with one attached hydrogen (secondary N) is 1. The summed E-state index contributed by atoms with van der Waals surface area (Å²) in [6.45, 7) is 0.133. The van der Waals surface area contributed by atoms with E-state index in [1.807, 2.05) is 16.8 Å². The first-order valence-electron chi connectivity index (χ1n) is 4.57. The van der Waals surface area contributed by atoms with E-state index in [0.29, 0.717) is 0 Å². The van der Waals surface area contributed by atoms with E-state index < -0.39 is 11.6 Å². The summed E-state index contributed by atoms with van der Waals surface area (Å²) in [4.78, 5) is 0. The second kappa shape index (κ2) is 4.93. The third-order valence-electron chi connectivity index (χ3n) is 2.13. The van der Waals surface area contributed by atoms with Gasteiger partial charge in [-0.2, -0.15) is 11.3 Å². The smallest absolute Gasteiger partial charge is 0.145 e. The van der Waals surface area contributed by atoms with Crippen LogP contribution in [-0.2, 0) is 6.54 Å². The van der Waals surface area contributed by atoms with E-state index >= 15 is 0 Å². The molecule has 2 rings (SSSR count). The Labute approximate surface area is 104 Å². The minimum atomic E-state index is -0.553. The molecule has 0 saturated carbocycles. The van der Waals surface area contributed by atoms with E-state index in [4.69, 9.17) is 0 Å². The highest BCUT2D eigenvalue weighted by Gasteiger charge is 2.11. The van der Waals surface area contributed by atoms with Crippen molar-refractivity contribution in [3.63, 3.8) is 0 Å². The molecule has 0 atom stereocenters. The molecule has 16 heavy (non-hydrogen) atoms. The Hall–Kier alpha value is -0.940. The van der Waals surface area contributed by atoms with Gasteiger partial charge in [-0.15, -0.1) is 0 Å². The molecule has 0 unspecified atom stereocenters. The summed E-state index contributed by atoms with van der Waals surface area (Å²) >= 11 is 4.56. The van der Waals surface area contributed by atoms with Crippen molar-refractivity contribution in [2.45, 2.75) is 6.54 Å². The molecule has 5 heteroatoms. The van der Waals surface area contributed by atoms with Crippen LogP contribution < -0.4 is 5.32 Å². The zero-order valence-electron chi connectivity index (χ0n) is 8.14. The van der Waals surface area contributed by atoms with Gasteiger partial charge in [0, 0.05) is 23.2 Å². The van der Waals surface area contributed by atoms with E-state index in [2.05, 4.69) is 21.2 Å². The minimum absolute atomic E-state index is 0.0422. The standard InChI is InChI=1S/C11H8BrF2NS/c12-9-1-2-10(13)8(11(9)14)5-15-7-3-4-16-6-7/h1-4,6,15H,5H2. The molecule has 0 spiro atoms. The summed E-state index contributed by atoms with van der Waals surface area (Å²) in [5.41, 5.74) is 0.907. The first-order valence-corrected chi connectivity index (χ1v) is 6.30. The second-order valence-corrected chi connectivity index (χ2v) is 4.82. The number of benzene rings is 1. The van der Waals surface area contributed by atoms with Crippen LogP contribution >= 0.6 is 27.3 Å². The van der Waals surface area contributed by atoms with Crippen LogP contribution in [0, 0.1) is 11.6 Å². The van der Waals surface area contributed by atoms with Gasteiger partial charge in [-0.1, -0.05) is 0 Å². The SMILES string of the molecule is Fc1ccc(Br)c(F)c1CNc1ccsc1. The quantitative estimate of drug-likeness (QED) is 0.829. The first kappa shape index (κ1) is 11.5.